The lowest BCUT2D eigenvalue weighted by molar-refractivity contribution is 0.616. The summed E-state index contributed by atoms with van der Waals surface area (Å²) in [5, 5.41) is 4.22. The van der Waals surface area contributed by atoms with Crippen molar-refractivity contribution in [1.29, 1.82) is 0 Å². The number of nitrogens with one attached hydrogen (secondary N) is 1. The number of allylic oxidation sites excluding steroid dienone is 1. The summed E-state index contributed by atoms with van der Waals surface area (Å²) >= 11 is 5.83. The normalized spacial score (nSPS) is 12.3. The minimum atomic E-state index is 0.359. The number of hydrogen-bond donors (Lipinski definition) is 1. The van der Waals surface area contributed by atoms with Gasteiger partial charge in [-0.1, -0.05) is 35.4 Å². The van der Waals surface area contributed by atoms with E-state index >= 15 is 0 Å². The van der Waals surface area contributed by atoms with Crippen LogP contribution in [-0.2, 0) is 0 Å². The molecule has 0 heterocycles. The molecule has 0 aliphatic rings. The fourth-order valence-corrected chi connectivity index (χ4v) is 1.44. The number of benzene rings is 1. The Bertz CT molecular complexity index is 323. The van der Waals surface area contributed by atoms with E-state index in [9.17, 15) is 0 Å². The summed E-state index contributed by atoms with van der Waals surface area (Å²) in [6.07, 6.45) is 2.19. The second-order valence-corrected chi connectivity index (χ2v) is 4.40. The van der Waals surface area contributed by atoms with Gasteiger partial charge in [-0.25, -0.2) is 0 Å². The van der Waals surface area contributed by atoms with E-state index in [1.165, 1.54) is 11.1 Å². The highest BCUT2D eigenvalue weighted by molar-refractivity contribution is 6.30. The van der Waals surface area contributed by atoms with Crippen LogP contribution in [0.5, 0.6) is 0 Å². The summed E-state index contributed by atoms with van der Waals surface area (Å²) in [5.41, 5.74) is 2.60. The van der Waals surface area contributed by atoms with Crippen molar-refractivity contribution >= 4 is 11.6 Å². The van der Waals surface area contributed by atoms with E-state index in [1.807, 2.05) is 12.1 Å². The van der Waals surface area contributed by atoms with Crippen LogP contribution in [0.25, 0.3) is 0 Å². The third-order valence-electron chi connectivity index (χ3n) is 2.30. The third-order valence-corrected chi connectivity index (χ3v) is 2.56. The highest BCUT2D eigenvalue weighted by Gasteiger charge is 2.02. The molecule has 0 radical (unpaired) electrons. The molecule has 0 spiro atoms. The molecule has 0 fully saturated rings. The van der Waals surface area contributed by atoms with Gasteiger partial charge in [0.2, 0.25) is 0 Å². The summed E-state index contributed by atoms with van der Waals surface area (Å²) in [6, 6.07) is 8.33. The van der Waals surface area contributed by atoms with Crippen LogP contribution in [0.15, 0.2) is 35.9 Å². The van der Waals surface area contributed by atoms with Crippen LogP contribution in [0, 0.1) is 0 Å². The van der Waals surface area contributed by atoms with Gasteiger partial charge in [0.15, 0.2) is 0 Å². The zero-order chi connectivity index (χ0) is 11.3. The van der Waals surface area contributed by atoms with Crippen LogP contribution in [-0.4, -0.2) is 6.54 Å². The second kappa shape index (κ2) is 5.94. The predicted molar refractivity (Wildman–Crippen MR) is 67.3 cm³/mol. The molecule has 1 rings (SSSR count). The van der Waals surface area contributed by atoms with E-state index in [2.05, 4.69) is 44.3 Å². The third kappa shape index (κ3) is 4.50. The minimum Gasteiger partial charge on any atom is -0.307 e. The Morgan fingerprint density at radius 2 is 1.93 bits per heavy atom. The van der Waals surface area contributed by atoms with Crippen molar-refractivity contribution in [3.05, 3.63) is 46.5 Å². The fourth-order valence-electron chi connectivity index (χ4n) is 1.31. The molecule has 0 saturated carbocycles. The summed E-state index contributed by atoms with van der Waals surface area (Å²) < 4.78 is 0. The van der Waals surface area contributed by atoms with E-state index in [0.29, 0.717) is 6.04 Å². The second-order valence-electron chi connectivity index (χ2n) is 3.96. The smallest absolute Gasteiger partial charge is 0.0406 e. The number of halogens is 1. The van der Waals surface area contributed by atoms with Gasteiger partial charge in [0.1, 0.15) is 0 Å². The Kier molecular flexibility index (Phi) is 4.86. The van der Waals surface area contributed by atoms with Gasteiger partial charge in [0.05, 0.1) is 0 Å². The molecular formula is C13H18ClN. The summed E-state index contributed by atoms with van der Waals surface area (Å²) in [7, 11) is 0. The van der Waals surface area contributed by atoms with Crippen LogP contribution >= 0.6 is 11.6 Å². The Hall–Kier alpha value is -0.790. The van der Waals surface area contributed by atoms with Crippen molar-refractivity contribution in [2.75, 3.05) is 6.54 Å². The first-order valence-corrected chi connectivity index (χ1v) is 5.59. The molecule has 15 heavy (non-hydrogen) atoms. The van der Waals surface area contributed by atoms with Gasteiger partial charge < -0.3 is 5.32 Å². The Morgan fingerprint density at radius 3 is 2.47 bits per heavy atom. The molecule has 2 heteroatoms. The fraction of sp³-hybridized carbons (Fsp3) is 0.385. The van der Waals surface area contributed by atoms with Gasteiger partial charge in [-0.15, -0.1) is 0 Å². The standard InChI is InChI=1S/C13H18ClN/c1-10(2)8-9-15-11(3)12-4-6-13(14)7-5-12/h4-8,11,15H,9H2,1-3H3. The molecule has 1 unspecified atom stereocenters. The molecule has 1 atom stereocenters. The molecule has 0 aliphatic carbocycles. The largest absolute Gasteiger partial charge is 0.307 e. The van der Waals surface area contributed by atoms with Crippen LogP contribution in [0.3, 0.4) is 0 Å². The first-order chi connectivity index (χ1) is 7.09. The van der Waals surface area contributed by atoms with Crippen molar-refractivity contribution in [2.24, 2.45) is 0 Å². The maximum Gasteiger partial charge on any atom is 0.0406 e. The van der Waals surface area contributed by atoms with E-state index < -0.39 is 0 Å². The molecule has 0 bridgehead atoms. The summed E-state index contributed by atoms with van der Waals surface area (Å²) in [6.45, 7) is 7.28. The average molecular weight is 224 g/mol. The summed E-state index contributed by atoms with van der Waals surface area (Å²) in [4.78, 5) is 0. The average Bonchev–Trinajstić information content (AvgIpc) is 2.18. The van der Waals surface area contributed by atoms with Crippen molar-refractivity contribution in [3.8, 4) is 0 Å². The zero-order valence-corrected chi connectivity index (χ0v) is 10.3. The Labute approximate surface area is 97.1 Å². The van der Waals surface area contributed by atoms with Crippen molar-refractivity contribution in [2.45, 2.75) is 26.8 Å². The maximum atomic E-state index is 5.83. The Balaban J connectivity index is 2.50. The molecule has 0 saturated heterocycles. The highest BCUT2D eigenvalue weighted by Crippen LogP contribution is 2.15. The first kappa shape index (κ1) is 12.3. The van der Waals surface area contributed by atoms with Gasteiger partial charge >= 0.3 is 0 Å². The highest BCUT2D eigenvalue weighted by atomic mass is 35.5. The van der Waals surface area contributed by atoms with E-state index in [1.54, 1.807) is 0 Å². The molecule has 1 N–H and O–H groups in total. The minimum absolute atomic E-state index is 0.359. The van der Waals surface area contributed by atoms with Gasteiger partial charge in [-0.05, 0) is 38.5 Å². The number of rotatable bonds is 4. The lowest BCUT2D eigenvalue weighted by Gasteiger charge is -2.12. The predicted octanol–water partition coefficient (Wildman–Crippen LogP) is 3.96. The molecule has 0 aliphatic heterocycles. The lowest BCUT2D eigenvalue weighted by atomic mass is 10.1. The zero-order valence-electron chi connectivity index (χ0n) is 9.55. The molecule has 1 aromatic carbocycles. The van der Waals surface area contributed by atoms with E-state index in [0.717, 1.165) is 11.6 Å². The van der Waals surface area contributed by atoms with Crippen molar-refractivity contribution < 1.29 is 0 Å². The van der Waals surface area contributed by atoms with Crippen LogP contribution in [0.2, 0.25) is 5.02 Å². The lowest BCUT2D eigenvalue weighted by Crippen LogP contribution is -2.18. The molecule has 82 valence electrons. The van der Waals surface area contributed by atoms with E-state index in [-0.39, 0.29) is 0 Å². The van der Waals surface area contributed by atoms with Crippen molar-refractivity contribution in [3.63, 3.8) is 0 Å². The van der Waals surface area contributed by atoms with Gasteiger partial charge in [0, 0.05) is 17.6 Å². The van der Waals surface area contributed by atoms with Crippen LogP contribution in [0.4, 0.5) is 0 Å². The first-order valence-electron chi connectivity index (χ1n) is 5.22. The van der Waals surface area contributed by atoms with Crippen LogP contribution in [0.1, 0.15) is 32.4 Å². The SMILES string of the molecule is CC(C)=CCNC(C)c1ccc(Cl)cc1. The molecular weight excluding hydrogens is 206 g/mol. The molecule has 0 aromatic heterocycles. The van der Waals surface area contributed by atoms with E-state index in [4.69, 9.17) is 11.6 Å². The Morgan fingerprint density at radius 1 is 1.33 bits per heavy atom. The quantitative estimate of drug-likeness (QED) is 0.762. The number of hydrogen-bond acceptors (Lipinski definition) is 1. The van der Waals surface area contributed by atoms with Gasteiger partial charge in [-0.2, -0.15) is 0 Å². The molecule has 0 amide bonds. The van der Waals surface area contributed by atoms with Gasteiger partial charge in [-0.3, -0.25) is 0 Å². The molecule has 1 nitrogen and oxygen atoms in total. The van der Waals surface area contributed by atoms with Gasteiger partial charge in [0.25, 0.3) is 0 Å². The monoisotopic (exact) mass is 223 g/mol. The van der Waals surface area contributed by atoms with Crippen LogP contribution < -0.4 is 5.32 Å². The summed E-state index contributed by atoms with van der Waals surface area (Å²) in [5.74, 6) is 0. The maximum absolute atomic E-state index is 5.83. The van der Waals surface area contributed by atoms with Crippen molar-refractivity contribution in [1.82, 2.24) is 5.32 Å². The topological polar surface area (TPSA) is 12.0 Å². The molecule has 1 aromatic rings.